The van der Waals surface area contributed by atoms with Crippen LogP contribution < -0.4 is 0 Å². The molecule has 1 aliphatic carbocycles. The molecule has 1 saturated carbocycles. The van der Waals surface area contributed by atoms with Gasteiger partial charge in [0.15, 0.2) is 5.82 Å². The van der Waals surface area contributed by atoms with Crippen molar-refractivity contribution in [2.45, 2.75) is 56.7 Å². The van der Waals surface area contributed by atoms with E-state index >= 15 is 0 Å². The van der Waals surface area contributed by atoms with Crippen LogP contribution in [0.1, 0.15) is 51.3 Å². The van der Waals surface area contributed by atoms with E-state index in [0.717, 1.165) is 50.1 Å². The zero-order valence-corrected chi connectivity index (χ0v) is 12.5. The van der Waals surface area contributed by atoms with Gasteiger partial charge in [-0.3, -0.25) is 4.79 Å². The van der Waals surface area contributed by atoms with E-state index in [1.54, 1.807) is 4.68 Å². The van der Waals surface area contributed by atoms with Gasteiger partial charge in [0.25, 0.3) is 0 Å². The maximum Gasteiger partial charge on any atom is 0.311 e. The molecule has 6 nitrogen and oxygen atoms in total. The van der Waals surface area contributed by atoms with Crippen molar-refractivity contribution < 1.29 is 9.90 Å². The van der Waals surface area contributed by atoms with Crippen molar-refractivity contribution in [3.8, 4) is 0 Å². The zero-order valence-electron chi connectivity index (χ0n) is 11.7. The first-order valence-corrected chi connectivity index (χ1v) is 8.18. The summed E-state index contributed by atoms with van der Waals surface area (Å²) in [6.45, 7) is 2.57. The topological polar surface area (TPSA) is 80.9 Å². The highest BCUT2D eigenvalue weighted by molar-refractivity contribution is 8.00. The summed E-state index contributed by atoms with van der Waals surface area (Å²) < 4.78 is 1.68. The second-order valence-electron chi connectivity index (χ2n) is 6.14. The number of tetrazole rings is 1. The van der Waals surface area contributed by atoms with Crippen molar-refractivity contribution in [2.24, 2.45) is 5.41 Å². The van der Waals surface area contributed by atoms with Gasteiger partial charge in [-0.15, -0.1) is 16.9 Å². The van der Waals surface area contributed by atoms with E-state index < -0.39 is 11.4 Å². The van der Waals surface area contributed by atoms with E-state index in [1.165, 1.54) is 0 Å². The fraction of sp³-hybridized carbons (Fsp3) is 0.846. The minimum absolute atomic E-state index is 0.0677. The Kier molecular flexibility index (Phi) is 3.48. The van der Waals surface area contributed by atoms with Gasteiger partial charge >= 0.3 is 5.97 Å². The van der Waals surface area contributed by atoms with Crippen LogP contribution in [0.15, 0.2) is 0 Å². The molecule has 2 aliphatic rings. The second kappa shape index (κ2) is 5.02. The fourth-order valence-electron chi connectivity index (χ4n) is 3.42. The Morgan fingerprint density at radius 1 is 1.35 bits per heavy atom. The molecule has 20 heavy (non-hydrogen) atoms. The number of hydrogen-bond donors (Lipinski definition) is 1. The maximum atomic E-state index is 11.7. The third-order valence-electron chi connectivity index (χ3n) is 4.69. The van der Waals surface area contributed by atoms with E-state index in [2.05, 4.69) is 22.4 Å². The van der Waals surface area contributed by atoms with Crippen molar-refractivity contribution in [1.82, 2.24) is 20.2 Å². The quantitative estimate of drug-likeness (QED) is 0.916. The average molecular weight is 296 g/mol. The molecule has 0 amide bonds. The van der Waals surface area contributed by atoms with Crippen LogP contribution in [0.3, 0.4) is 0 Å². The van der Waals surface area contributed by atoms with Crippen LogP contribution in [-0.4, -0.2) is 37.0 Å². The Morgan fingerprint density at radius 2 is 2.10 bits per heavy atom. The summed E-state index contributed by atoms with van der Waals surface area (Å²) >= 11 is 1.87. The molecular weight excluding hydrogens is 276 g/mol. The van der Waals surface area contributed by atoms with E-state index in [4.69, 9.17) is 0 Å². The summed E-state index contributed by atoms with van der Waals surface area (Å²) in [4.78, 5) is 11.7. The highest BCUT2D eigenvalue weighted by Gasteiger charge is 2.44. The van der Waals surface area contributed by atoms with Gasteiger partial charge < -0.3 is 5.11 Å². The Hall–Kier alpha value is -1.11. The van der Waals surface area contributed by atoms with Gasteiger partial charge in [-0.25, -0.2) is 4.68 Å². The number of hydrogen-bond acceptors (Lipinski definition) is 5. The van der Waals surface area contributed by atoms with Gasteiger partial charge in [-0.05, 0) is 48.8 Å². The Morgan fingerprint density at radius 3 is 2.70 bits per heavy atom. The fourth-order valence-corrected chi connectivity index (χ4v) is 4.73. The van der Waals surface area contributed by atoms with Crippen LogP contribution in [-0.2, 0) is 16.1 Å². The lowest BCUT2D eigenvalue weighted by Gasteiger charge is -2.27. The van der Waals surface area contributed by atoms with Gasteiger partial charge in [0.05, 0.1) is 16.7 Å². The molecule has 110 valence electrons. The molecule has 1 aromatic rings. The lowest BCUT2D eigenvalue weighted by Crippen LogP contribution is -2.35. The molecular formula is C13H20N4O2S. The number of thioether (sulfide) groups is 1. The SMILES string of the molecule is CC1(c2nnnn2CC2(C(=O)O)CCCC2)CCCS1. The molecule has 1 N–H and O–H groups in total. The summed E-state index contributed by atoms with van der Waals surface area (Å²) in [5.74, 6) is 1.25. The molecule has 0 spiro atoms. The monoisotopic (exact) mass is 296 g/mol. The summed E-state index contributed by atoms with van der Waals surface area (Å²) in [6.07, 6.45) is 5.64. The van der Waals surface area contributed by atoms with Crippen LogP contribution >= 0.6 is 11.8 Å². The van der Waals surface area contributed by atoms with Crippen LogP contribution in [0.25, 0.3) is 0 Å². The first kappa shape index (κ1) is 13.9. The molecule has 2 fully saturated rings. The molecule has 1 atom stereocenters. The third kappa shape index (κ3) is 2.21. The van der Waals surface area contributed by atoms with Crippen LogP contribution in [0.2, 0.25) is 0 Å². The molecule has 2 heterocycles. The van der Waals surface area contributed by atoms with Gasteiger partial charge in [-0.1, -0.05) is 12.8 Å². The summed E-state index contributed by atoms with van der Waals surface area (Å²) in [5.41, 5.74) is -0.677. The molecule has 1 saturated heterocycles. The summed E-state index contributed by atoms with van der Waals surface area (Å²) in [7, 11) is 0. The number of carboxylic acid groups (broad SMARTS) is 1. The standard InChI is InChI=1S/C13H20N4O2S/c1-12(5-4-8-20-12)10-14-15-16-17(10)9-13(11(18)19)6-2-3-7-13/h2-9H2,1H3,(H,18,19). The van der Waals surface area contributed by atoms with Crippen LogP contribution in [0.4, 0.5) is 0 Å². The second-order valence-corrected chi connectivity index (χ2v) is 7.73. The molecule has 1 aliphatic heterocycles. The number of nitrogens with zero attached hydrogens (tertiary/aromatic N) is 4. The molecule has 3 rings (SSSR count). The first-order chi connectivity index (χ1) is 9.56. The van der Waals surface area contributed by atoms with Crippen molar-refractivity contribution in [2.75, 3.05) is 5.75 Å². The van der Waals surface area contributed by atoms with Gasteiger partial charge in [0, 0.05) is 0 Å². The predicted octanol–water partition coefficient (Wildman–Crippen LogP) is 2.06. The molecule has 7 heteroatoms. The number of carboxylic acids is 1. The minimum atomic E-state index is -0.708. The molecule has 1 aromatic heterocycles. The van der Waals surface area contributed by atoms with Crippen LogP contribution in [0.5, 0.6) is 0 Å². The minimum Gasteiger partial charge on any atom is -0.481 e. The van der Waals surface area contributed by atoms with Crippen molar-refractivity contribution in [3.63, 3.8) is 0 Å². The lowest BCUT2D eigenvalue weighted by atomic mass is 9.86. The van der Waals surface area contributed by atoms with Gasteiger partial charge in [0.1, 0.15) is 0 Å². The number of aliphatic carboxylic acids is 1. The summed E-state index contributed by atoms with van der Waals surface area (Å²) in [6, 6.07) is 0. The van der Waals surface area contributed by atoms with E-state index in [-0.39, 0.29) is 4.75 Å². The normalized spacial score (nSPS) is 28.9. The highest BCUT2D eigenvalue weighted by Crippen LogP contribution is 2.46. The Labute approximate surface area is 122 Å². The Bertz CT molecular complexity index is 504. The third-order valence-corrected chi connectivity index (χ3v) is 6.21. The van der Waals surface area contributed by atoms with E-state index in [1.807, 2.05) is 11.8 Å². The highest BCUT2D eigenvalue weighted by atomic mass is 32.2. The largest absolute Gasteiger partial charge is 0.481 e. The summed E-state index contributed by atoms with van der Waals surface area (Å²) in [5, 5.41) is 21.7. The maximum absolute atomic E-state index is 11.7. The molecule has 0 radical (unpaired) electrons. The molecule has 1 unspecified atom stereocenters. The number of rotatable bonds is 4. The molecule has 0 aromatic carbocycles. The zero-order chi connectivity index (χ0) is 14.2. The predicted molar refractivity (Wildman–Crippen MR) is 75.4 cm³/mol. The van der Waals surface area contributed by atoms with E-state index in [0.29, 0.717) is 6.54 Å². The van der Waals surface area contributed by atoms with Crippen LogP contribution in [0, 0.1) is 5.41 Å². The first-order valence-electron chi connectivity index (χ1n) is 7.20. The van der Waals surface area contributed by atoms with Crippen molar-refractivity contribution in [1.29, 1.82) is 0 Å². The van der Waals surface area contributed by atoms with E-state index in [9.17, 15) is 9.90 Å². The lowest BCUT2D eigenvalue weighted by molar-refractivity contribution is -0.149. The van der Waals surface area contributed by atoms with Gasteiger partial charge in [0.2, 0.25) is 0 Å². The smallest absolute Gasteiger partial charge is 0.311 e. The Balaban J connectivity index is 1.88. The van der Waals surface area contributed by atoms with Gasteiger partial charge in [-0.2, -0.15) is 0 Å². The number of carbonyl (C=O) groups is 1. The van der Waals surface area contributed by atoms with Crippen molar-refractivity contribution in [3.05, 3.63) is 5.82 Å². The van der Waals surface area contributed by atoms with Crippen molar-refractivity contribution >= 4 is 17.7 Å². The molecule has 0 bridgehead atoms. The average Bonchev–Trinajstić information content (AvgIpc) is 3.10. The number of aromatic nitrogens is 4.